The molecule has 2 fully saturated rings. The number of benzene rings is 1. The summed E-state index contributed by atoms with van der Waals surface area (Å²) in [6.45, 7) is 2.08. The van der Waals surface area contributed by atoms with Crippen molar-refractivity contribution < 1.29 is 4.79 Å². The van der Waals surface area contributed by atoms with Gasteiger partial charge in [0.05, 0.1) is 0 Å². The van der Waals surface area contributed by atoms with Gasteiger partial charge >= 0.3 is 6.03 Å². The van der Waals surface area contributed by atoms with Crippen molar-refractivity contribution in [3.8, 4) is 0 Å². The summed E-state index contributed by atoms with van der Waals surface area (Å²) in [6.07, 6.45) is 7.78. The average Bonchev–Trinajstić information content (AvgIpc) is 2.96. The van der Waals surface area contributed by atoms with Crippen molar-refractivity contribution in [3.63, 3.8) is 0 Å². The lowest BCUT2D eigenvalue weighted by Crippen LogP contribution is -2.42. The largest absolute Gasteiger partial charge is 0.334 e. The predicted molar refractivity (Wildman–Crippen MR) is 90.5 cm³/mol. The van der Waals surface area contributed by atoms with Crippen molar-refractivity contribution >= 4 is 23.3 Å². The summed E-state index contributed by atoms with van der Waals surface area (Å²) in [7, 11) is 0. The monoisotopic (exact) mass is 321 g/mol. The average molecular weight is 322 g/mol. The van der Waals surface area contributed by atoms with Crippen LogP contribution in [0.1, 0.15) is 38.5 Å². The fraction of sp³-hybridized carbons (Fsp3) is 0.588. The van der Waals surface area contributed by atoms with Crippen molar-refractivity contribution in [1.82, 2.24) is 10.2 Å². The molecule has 1 aliphatic heterocycles. The van der Waals surface area contributed by atoms with Gasteiger partial charge in [-0.15, -0.1) is 0 Å². The van der Waals surface area contributed by atoms with E-state index in [0.717, 1.165) is 31.2 Å². The van der Waals surface area contributed by atoms with Gasteiger partial charge in [-0.1, -0.05) is 36.9 Å². The number of amides is 2. The molecule has 0 bridgehead atoms. The lowest BCUT2D eigenvalue weighted by Gasteiger charge is -2.31. The second-order valence-electron chi connectivity index (χ2n) is 6.38. The van der Waals surface area contributed by atoms with Crippen molar-refractivity contribution in [1.29, 1.82) is 0 Å². The standard InChI is InChI=1S/C17H24ClN3O/c18-13-5-4-6-14(11-13)19-17(22)20-15-9-10-21(12-15)16-7-2-1-3-8-16/h4-6,11,15-16H,1-3,7-10,12H2,(H2,19,20,22)/t15-/m0/s1. The topological polar surface area (TPSA) is 44.4 Å². The third kappa shape index (κ3) is 4.14. The van der Waals surface area contributed by atoms with E-state index in [9.17, 15) is 4.79 Å². The van der Waals surface area contributed by atoms with Gasteiger partial charge in [-0.05, 0) is 37.5 Å². The number of carbonyl (C=O) groups excluding carboxylic acids is 1. The lowest BCUT2D eigenvalue weighted by molar-refractivity contribution is 0.187. The molecule has 120 valence electrons. The van der Waals surface area contributed by atoms with Crippen LogP contribution < -0.4 is 10.6 Å². The van der Waals surface area contributed by atoms with E-state index in [1.807, 2.05) is 12.1 Å². The van der Waals surface area contributed by atoms with Gasteiger partial charge in [-0.2, -0.15) is 0 Å². The van der Waals surface area contributed by atoms with E-state index in [-0.39, 0.29) is 12.1 Å². The molecular formula is C17H24ClN3O. The van der Waals surface area contributed by atoms with Crippen molar-refractivity contribution in [2.75, 3.05) is 18.4 Å². The number of halogens is 1. The third-order valence-corrected chi connectivity index (χ3v) is 4.96. The Kier molecular flexibility index (Phi) is 5.21. The smallest absolute Gasteiger partial charge is 0.319 e. The second kappa shape index (κ2) is 7.34. The zero-order chi connectivity index (χ0) is 15.4. The van der Waals surface area contributed by atoms with Gasteiger partial charge in [0.1, 0.15) is 0 Å². The molecular weight excluding hydrogens is 298 g/mol. The first-order chi connectivity index (χ1) is 10.7. The van der Waals surface area contributed by atoms with E-state index in [4.69, 9.17) is 11.6 Å². The molecule has 0 unspecified atom stereocenters. The maximum Gasteiger partial charge on any atom is 0.319 e. The van der Waals surface area contributed by atoms with E-state index in [2.05, 4.69) is 15.5 Å². The lowest BCUT2D eigenvalue weighted by atomic mass is 9.94. The van der Waals surface area contributed by atoms with E-state index in [1.165, 1.54) is 32.1 Å². The Morgan fingerprint density at radius 3 is 2.77 bits per heavy atom. The highest BCUT2D eigenvalue weighted by Crippen LogP contribution is 2.25. The maximum atomic E-state index is 12.1. The highest BCUT2D eigenvalue weighted by Gasteiger charge is 2.29. The number of hydrogen-bond donors (Lipinski definition) is 2. The van der Waals surface area contributed by atoms with Gasteiger partial charge in [0.2, 0.25) is 0 Å². The highest BCUT2D eigenvalue weighted by molar-refractivity contribution is 6.30. The summed E-state index contributed by atoms with van der Waals surface area (Å²) in [6, 6.07) is 8.07. The van der Waals surface area contributed by atoms with Crippen LogP contribution in [-0.4, -0.2) is 36.1 Å². The van der Waals surface area contributed by atoms with Gasteiger partial charge in [0.25, 0.3) is 0 Å². The van der Waals surface area contributed by atoms with E-state index in [0.29, 0.717) is 5.02 Å². The Morgan fingerprint density at radius 1 is 1.18 bits per heavy atom. The molecule has 2 aliphatic rings. The second-order valence-corrected chi connectivity index (χ2v) is 6.82. The first-order valence-corrected chi connectivity index (χ1v) is 8.65. The fourth-order valence-electron chi connectivity index (χ4n) is 3.60. The number of nitrogens with one attached hydrogen (secondary N) is 2. The van der Waals surface area contributed by atoms with Gasteiger partial charge in [-0.25, -0.2) is 4.79 Å². The van der Waals surface area contributed by atoms with Gasteiger partial charge in [-0.3, -0.25) is 4.90 Å². The van der Waals surface area contributed by atoms with Crippen LogP contribution in [0.25, 0.3) is 0 Å². The molecule has 2 amide bonds. The van der Waals surface area contributed by atoms with E-state index < -0.39 is 0 Å². The van der Waals surface area contributed by atoms with E-state index in [1.54, 1.807) is 12.1 Å². The summed E-state index contributed by atoms with van der Waals surface area (Å²) in [5.74, 6) is 0. The third-order valence-electron chi connectivity index (χ3n) is 4.73. The minimum absolute atomic E-state index is 0.141. The summed E-state index contributed by atoms with van der Waals surface area (Å²) in [5.41, 5.74) is 0.729. The zero-order valence-electron chi connectivity index (χ0n) is 12.9. The first-order valence-electron chi connectivity index (χ1n) is 8.28. The fourth-order valence-corrected chi connectivity index (χ4v) is 3.79. The molecule has 1 saturated heterocycles. The number of likely N-dealkylation sites (tertiary alicyclic amines) is 1. The summed E-state index contributed by atoms with van der Waals surface area (Å²) >= 11 is 5.93. The minimum Gasteiger partial charge on any atom is -0.334 e. The zero-order valence-corrected chi connectivity index (χ0v) is 13.6. The molecule has 1 aliphatic carbocycles. The Bertz CT molecular complexity index is 516. The maximum absolute atomic E-state index is 12.1. The van der Waals surface area contributed by atoms with Crippen LogP contribution >= 0.6 is 11.6 Å². The number of rotatable bonds is 3. The van der Waals surface area contributed by atoms with Crippen LogP contribution in [0.5, 0.6) is 0 Å². The van der Waals surface area contributed by atoms with Crippen LogP contribution in [0.15, 0.2) is 24.3 Å². The van der Waals surface area contributed by atoms with Crippen molar-refractivity contribution in [3.05, 3.63) is 29.3 Å². The Morgan fingerprint density at radius 2 is 2.00 bits per heavy atom. The van der Waals surface area contributed by atoms with Crippen molar-refractivity contribution in [2.24, 2.45) is 0 Å². The molecule has 1 heterocycles. The number of carbonyl (C=O) groups is 1. The van der Waals surface area contributed by atoms with Gasteiger partial charge in [0.15, 0.2) is 0 Å². The van der Waals surface area contributed by atoms with Crippen LogP contribution in [0.4, 0.5) is 10.5 Å². The predicted octanol–water partition coefficient (Wildman–Crippen LogP) is 3.87. The Hall–Kier alpha value is -1.26. The number of anilines is 1. The van der Waals surface area contributed by atoms with Crippen LogP contribution in [0.3, 0.4) is 0 Å². The Labute approximate surface area is 137 Å². The summed E-state index contributed by atoms with van der Waals surface area (Å²) in [4.78, 5) is 14.6. The SMILES string of the molecule is O=C(Nc1cccc(Cl)c1)N[C@H]1CCN(C2CCCCC2)C1. The molecule has 2 N–H and O–H groups in total. The number of urea groups is 1. The molecule has 1 atom stereocenters. The normalized spacial score (nSPS) is 23.4. The molecule has 1 aromatic rings. The quantitative estimate of drug-likeness (QED) is 0.887. The molecule has 0 aromatic heterocycles. The molecule has 0 spiro atoms. The first kappa shape index (κ1) is 15.6. The molecule has 5 heteroatoms. The molecule has 1 aromatic carbocycles. The van der Waals surface area contributed by atoms with Crippen LogP contribution in [-0.2, 0) is 0 Å². The molecule has 4 nitrogen and oxygen atoms in total. The molecule has 0 radical (unpaired) electrons. The molecule has 1 saturated carbocycles. The van der Waals surface area contributed by atoms with Crippen molar-refractivity contribution in [2.45, 2.75) is 50.6 Å². The van der Waals surface area contributed by atoms with Crippen LogP contribution in [0, 0.1) is 0 Å². The Balaban J connectivity index is 1.46. The van der Waals surface area contributed by atoms with Gasteiger partial charge in [0, 0.05) is 35.9 Å². The van der Waals surface area contributed by atoms with E-state index >= 15 is 0 Å². The highest BCUT2D eigenvalue weighted by atomic mass is 35.5. The van der Waals surface area contributed by atoms with Crippen LogP contribution in [0.2, 0.25) is 5.02 Å². The number of hydrogen-bond acceptors (Lipinski definition) is 2. The molecule has 22 heavy (non-hydrogen) atoms. The summed E-state index contributed by atoms with van der Waals surface area (Å²) < 4.78 is 0. The minimum atomic E-state index is -0.141. The van der Waals surface area contributed by atoms with Gasteiger partial charge < -0.3 is 10.6 Å². The number of nitrogens with zero attached hydrogens (tertiary/aromatic N) is 1. The summed E-state index contributed by atoms with van der Waals surface area (Å²) in [5, 5.41) is 6.56. The molecule has 3 rings (SSSR count).